The molecule has 0 rings (SSSR count). The van der Waals surface area contributed by atoms with Crippen molar-refractivity contribution in [1.29, 1.82) is 0 Å². The molecule has 0 saturated heterocycles. The first-order valence-electron chi connectivity index (χ1n) is 4.95. The molecule has 0 bridgehead atoms. The number of methoxy groups -OCH3 is 1. The summed E-state index contributed by atoms with van der Waals surface area (Å²) in [6, 6.07) is 0. The molecular weight excluding hydrogens is 164 g/mol. The lowest BCUT2D eigenvalue weighted by Gasteiger charge is -2.43. The van der Waals surface area contributed by atoms with Crippen LogP contribution >= 0.6 is 0 Å². The van der Waals surface area contributed by atoms with E-state index >= 15 is 0 Å². The molecule has 0 fully saturated rings. The number of hydrogen-bond acceptors (Lipinski definition) is 3. The lowest BCUT2D eigenvalue weighted by Crippen LogP contribution is -2.58. The third-order valence-corrected chi connectivity index (χ3v) is 3.06. The molecule has 1 atom stereocenters. The van der Waals surface area contributed by atoms with E-state index in [1.54, 1.807) is 7.11 Å². The van der Waals surface area contributed by atoms with Gasteiger partial charge in [-0.2, -0.15) is 0 Å². The van der Waals surface area contributed by atoms with Gasteiger partial charge in [-0.1, -0.05) is 20.8 Å². The van der Waals surface area contributed by atoms with E-state index in [4.69, 9.17) is 10.5 Å². The molecule has 0 heterocycles. The highest BCUT2D eigenvalue weighted by Crippen LogP contribution is 2.22. The van der Waals surface area contributed by atoms with Crippen LogP contribution in [0, 0.1) is 5.92 Å². The van der Waals surface area contributed by atoms with Crippen molar-refractivity contribution in [3.8, 4) is 0 Å². The van der Waals surface area contributed by atoms with Crippen molar-refractivity contribution in [2.24, 2.45) is 11.7 Å². The Kier molecular flexibility index (Phi) is 5.53. The molecule has 0 aliphatic rings. The van der Waals surface area contributed by atoms with Crippen molar-refractivity contribution in [2.75, 3.05) is 33.9 Å². The van der Waals surface area contributed by atoms with Crippen LogP contribution in [0.2, 0.25) is 0 Å². The van der Waals surface area contributed by atoms with Crippen molar-refractivity contribution < 1.29 is 4.74 Å². The first-order valence-corrected chi connectivity index (χ1v) is 4.95. The van der Waals surface area contributed by atoms with Gasteiger partial charge in [-0.05, 0) is 19.5 Å². The second-order valence-electron chi connectivity index (χ2n) is 3.91. The van der Waals surface area contributed by atoms with Crippen molar-refractivity contribution in [2.45, 2.75) is 26.3 Å². The summed E-state index contributed by atoms with van der Waals surface area (Å²) in [4.78, 5) is 2.28. The monoisotopic (exact) mass is 188 g/mol. The Bertz CT molecular complexity index is 139. The van der Waals surface area contributed by atoms with Gasteiger partial charge in [0.2, 0.25) is 0 Å². The van der Waals surface area contributed by atoms with Gasteiger partial charge in [0, 0.05) is 13.7 Å². The van der Waals surface area contributed by atoms with Crippen LogP contribution in [0.5, 0.6) is 0 Å². The second-order valence-corrected chi connectivity index (χ2v) is 3.91. The van der Waals surface area contributed by atoms with Crippen molar-refractivity contribution in [3.05, 3.63) is 0 Å². The molecule has 0 saturated carbocycles. The van der Waals surface area contributed by atoms with Gasteiger partial charge in [0.25, 0.3) is 0 Å². The van der Waals surface area contributed by atoms with E-state index in [0.717, 1.165) is 6.54 Å². The van der Waals surface area contributed by atoms with Crippen LogP contribution in [0.4, 0.5) is 0 Å². The SMILES string of the molecule is CCN(C)C(CN)(COC)C(C)C. The summed E-state index contributed by atoms with van der Waals surface area (Å²) in [5.74, 6) is 0.502. The Morgan fingerprint density at radius 3 is 2.23 bits per heavy atom. The Balaban J connectivity index is 4.63. The van der Waals surface area contributed by atoms with Gasteiger partial charge in [-0.15, -0.1) is 0 Å². The van der Waals surface area contributed by atoms with E-state index in [0.29, 0.717) is 19.1 Å². The number of rotatable bonds is 6. The fourth-order valence-electron chi connectivity index (χ4n) is 1.73. The highest BCUT2D eigenvalue weighted by molar-refractivity contribution is 4.92. The zero-order valence-corrected chi connectivity index (χ0v) is 9.63. The summed E-state index contributed by atoms with van der Waals surface area (Å²) in [7, 11) is 3.84. The van der Waals surface area contributed by atoms with E-state index in [2.05, 4.69) is 32.7 Å². The van der Waals surface area contributed by atoms with Crippen LogP contribution in [0.1, 0.15) is 20.8 Å². The molecule has 3 heteroatoms. The maximum atomic E-state index is 5.85. The number of nitrogens with two attached hydrogens (primary N) is 1. The van der Waals surface area contributed by atoms with Crippen LogP contribution in [0.15, 0.2) is 0 Å². The summed E-state index contributed by atoms with van der Waals surface area (Å²) in [5, 5.41) is 0. The van der Waals surface area contributed by atoms with Gasteiger partial charge in [-0.25, -0.2) is 0 Å². The number of hydrogen-bond donors (Lipinski definition) is 1. The van der Waals surface area contributed by atoms with Crippen molar-refractivity contribution >= 4 is 0 Å². The smallest absolute Gasteiger partial charge is 0.0661 e. The van der Waals surface area contributed by atoms with Crippen LogP contribution in [0.25, 0.3) is 0 Å². The van der Waals surface area contributed by atoms with Gasteiger partial charge in [0.05, 0.1) is 12.1 Å². The normalized spacial score (nSPS) is 16.6. The zero-order valence-electron chi connectivity index (χ0n) is 9.63. The standard InChI is InChI=1S/C10H24N2O/c1-6-12(4)10(7-11,8-13-5)9(2)3/h9H,6-8,11H2,1-5H3. The molecule has 0 aliphatic carbocycles. The van der Waals surface area contributed by atoms with Gasteiger partial charge >= 0.3 is 0 Å². The minimum absolute atomic E-state index is 0.0104. The third-order valence-electron chi connectivity index (χ3n) is 3.06. The van der Waals surface area contributed by atoms with E-state index in [1.807, 2.05) is 0 Å². The molecule has 0 aliphatic heterocycles. The number of nitrogens with zero attached hydrogens (tertiary/aromatic N) is 1. The second kappa shape index (κ2) is 5.58. The van der Waals surface area contributed by atoms with Crippen LogP contribution < -0.4 is 5.73 Å². The molecule has 0 radical (unpaired) electrons. The third kappa shape index (κ3) is 2.66. The largest absolute Gasteiger partial charge is 0.383 e. The molecule has 13 heavy (non-hydrogen) atoms. The number of likely N-dealkylation sites (N-methyl/N-ethyl adjacent to an activating group) is 1. The molecule has 0 amide bonds. The van der Waals surface area contributed by atoms with Crippen LogP contribution in [0.3, 0.4) is 0 Å². The van der Waals surface area contributed by atoms with Crippen molar-refractivity contribution in [3.63, 3.8) is 0 Å². The zero-order chi connectivity index (χ0) is 10.5. The molecule has 0 aromatic rings. The predicted octanol–water partition coefficient (Wildman–Crippen LogP) is 0.938. The first kappa shape index (κ1) is 12.9. The Morgan fingerprint density at radius 2 is 2.00 bits per heavy atom. The van der Waals surface area contributed by atoms with E-state index in [1.165, 1.54) is 0 Å². The van der Waals surface area contributed by atoms with Gasteiger partial charge in [-0.3, -0.25) is 4.90 Å². The predicted molar refractivity (Wildman–Crippen MR) is 56.8 cm³/mol. The van der Waals surface area contributed by atoms with Gasteiger partial charge in [0.15, 0.2) is 0 Å². The minimum atomic E-state index is -0.0104. The molecule has 2 N–H and O–H groups in total. The Labute approximate surface area is 82.2 Å². The molecule has 0 spiro atoms. The summed E-state index contributed by atoms with van der Waals surface area (Å²) in [5.41, 5.74) is 5.84. The van der Waals surface area contributed by atoms with Crippen molar-refractivity contribution in [1.82, 2.24) is 4.90 Å². The van der Waals surface area contributed by atoms with Crippen LogP contribution in [-0.4, -0.2) is 44.3 Å². The highest BCUT2D eigenvalue weighted by Gasteiger charge is 2.35. The Hall–Kier alpha value is -0.120. The maximum Gasteiger partial charge on any atom is 0.0661 e. The lowest BCUT2D eigenvalue weighted by molar-refractivity contribution is 0.00190. The van der Waals surface area contributed by atoms with Crippen LogP contribution in [-0.2, 0) is 4.74 Å². The number of ether oxygens (including phenoxy) is 1. The minimum Gasteiger partial charge on any atom is -0.383 e. The summed E-state index contributed by atoms with van der Waals surface area (Å²) < 4.78 is 5.26. The molecule has 80 valence electrons. The topological polar surface area (TPSA) is 38.5 Å². The Morgan fingerprint density at radius 1 is 1.46 bits per heavy atom. The molecule has 0 aromatic carbocycles. The van der Waals surface area contributed by atoms with Gasteiger partial charge in [0.1, 0.15) is 0 Å². The van der Waals surface area contributed by atoms with E-state index in [-0.39, 0.29) is 5.54 Å². The average Bonchev–Trinajstić information content (AvgIpc) is 2.12. The first-order chi connectivity index (χ1) is 6.05. The summed E-state index contributed by atoms with van der Waals surface area (Å²) >= 11 is 0. The fraction of sp³-hybridized carbons (Fsp3) is 1.00. The summed E-state index contributed by atoms with van der Waals surface area (Å²) in [6.07, 6.45) is 0. The van der Waals surface area contributed by atoms with E-state index in [9.17, 15) is 0 Å². The quantitative estimate of drug-likeness (QED) is 0.674. The summed E-state index contributed by atoms with van der Waals surface area (Å²) in [6.45, 7) is 8.87. The molecular formula is C10H24N2O. The fourth-order valence-corrected chi connectivity index (χ4v) is 1.73. The van der Waals surface area contributed by atoms with E-state index < -0.39 is 0 Å². The average molecular weight is 188 g/mol. The molecule has 3 nitrogen and oxygen atoms in total. The highest BCUT2D eigenvalue weighted by atomic mass is 16.5. The van der Waals surface area contributed by atoms with Gasteiger partial charge < -0.3 is 10.5 Å². The molecule has 1 unspecified atom stereocenters. The molecule has 0 aromatic heterocycles. The maximum absolute atomic E-state index is 5.85. The lowest BCUT2D eigenvalue weighted by atomic mass is 9.85.